The van der Waals surface area contributed by atoms with E-state index in [1.165, 1.54) is 0 Å². The summed E-state index contributed by atoms with van der Waals surface area (Å²) < 4.78 is 0. The van der Waals surface area contributed by atoms with Crippen molar-refractivity contribution in [3.63, 3.8) is 0 Å². The first-order valence-electron chi connectivity index (χ1n) is 7.49. The Bertz CT molecular complexity index is 353. The summed E-state index contributed by atoms with van der Waals surface area (Å²) in [5, 5.41) is 11.8. The van der Waals surface area contributed by atoms with Gasteiger partial charge in [-0.1, -0.05) is 27.7 Å². The van der Waals surface area contributed by atoms with E-state index < -0.39 is 12.0 Å². The number of rotatable bonds is 4. The predicted octanol–water partition coefficient (Wildman–Crippen LogP) is 2.71. The van der Waals surface area contributed by atoms with Crippen LogP contribution in [0.2, 0.25) is 0 Å². The molecular weight excluding hydrogens is 256 g/mol. The van der Waals surface area contributed by atoms with E-state index >= 15 is 0 Å². The van der Waals surface area contributed by atoms with Crippen molar-refractivity contribution >= 4 is 12.0 Å². The number of carboxylic acids is 1. The van der Waals surface area contributed by atoms with Crippen LogP contribution in [-0.4, -0.2) is 41.1 Å². The first-order valence-corrected chi connectivity index (χ1v) is 7.49. The summed E-state index contributed by atoms with van der Waals surface area (Å²) in [6.07, 6.45) is 3.50. The molecule has 5 heteroatoms. The van der Waals surface area contributed by atoms with Crippen molar-refractivity contribution in [1.82, 2.24) is 10.2 Å². The molecule has 0 spiro atoms. The van der Waals surface area contributed by atoms with Gasteiger partial charge in [-0.3, -0.25) is 0 Å². The minimum atomic E-state index is -0.956. The molecule has 5 nitrogen and oxygen atoms in total. The molecule has 1 heterocycles. The Kier molecular flexibility index (Phi) is 5.84. The third-order valence-electron chi connectivity index (χ3n) is 3.93. The van der Waals surface area contributed by atoms with Crippen LogP contribution in [0.25, 0.3) is 0 Å². The first-order chi connectivity index (χ1) is 9.21. The number of amides is 2. The molecule has 1 atom stereocenters. The lowest BCUT2D eigenvalue weighted by molar-refractivity contribution is -0.139. The molecule has 1 rings (SSSR count). The number of nitrogens with one attached hydrogen (secondary N) is 1. The van der Waals surface area contributed by atoms with Crippen molar-refractivity contribution in [1.29, 1.82) is 0 Å². The van der Waals surface area contributed by atoms with Gasteiger partial charge in [0.15, 0.2) is 0 Å². The van der Waals surface area contributed by atoms with Gasteiger partial charge in [0, 0.05) is 13.1 Å². The third-order valence-corrected chi connectivity index (χ3v) is 3.93. The van der Waals surface area contributed by atoms with Gasteiger partial charge in [0.25, 0.3) is 0 Å². The van der Waals surface area contributed by atoms with Gasteiger partial charge < -0.3 is 15.3 Å². The fraction of sp³-hybridized carbons (Fsp3) is 0.867. The van der Waals surface area contributed by atoms with Crippen LogP contribution in [0.5, 0.6) is 0 Å². The molecular formula is C15H28N2O3. The van der Waals surface area contributed by atoms with Gasteiger partial charge in [0.05, 0.1) is 0 Å². The molecule has 0 bridgehead atoms. The molecule has 2 N–H and O–H groups in total. The molecule has 1 aliphatic rings. The molecule has 0 aromatic rings. The minimum Gasteiger partial charge on any atom is -0.480 e. The molecule has 20 heavy (non-hydrogen) atoms. The van der Waals surface area contributed by atoms with Gasteiger partial charge in [-0.2, -0.15) is 0 Å². The molecule has 1 aliphatic heterocycles. The second-order valence-electron chi connectivity index (χ2n) is 6.97. The maximum atomic E-state index is 12.2. The highest BCUT2D eigenvalue weighted by molar-refractivity contribution is 5.82. The number of nitrogens with zero attached hydrogens (tertiary/aromatic N) is 1. The fourth-order valence-electron chi connectivity index (χ4n) is 2.56. The van der Waals surface area contributed by atoms with E-state index in [1.54, 1.807) is 4.90 Å². The second-order valence-corrected chi connectivity index (χ2v) is 6.97. The van der Waals surface area contributed by atoms with Crippen molar-refractivity contribution in [3.05, 3.63) is 0 Å². The van der Waals surface area contributed by atoms with Gasteiger partial charge in [-0.15, -0.1) is 0 Å². The minimum absolute atomic E-state index is 0.236. The van der Waals surface area contributed by atoms with Crippen molar-refractivity contribution in [2.45, 2.75) is 59.4 Å². The normalized spacial score (nSPS) is 20.4. The molecule has 2 amide bonds. The summed E-state index contributed by atoms with van der Waals surface area (Å²) in [5.74, 6) is -0.721. The Morgan fingerprint density at radius 3 is 2.45 bits per heavy atom. The topological polar surface area (TPSA) is 69.6 Å². The van der Waals surface area contributed by atoms with Crippen LogP contribution in [-0.2, 0) is 4.79 Å². The molecule has 0 saturated carbocycles. The molecule has 0 unspecified atom stereocenters. The molecule has 0 aromatic carbocycles. The van der Waals surface area contributed by atoms with Crippen LogP contribution < -0.4 is 5.32 Å². The zero-order chi connectivity index (χ0) is 15.3. The maximum absolute atomic E-state index is 12.2. The Morgan fingerprint density at radius 2 is 1.90 bits per heavy atom. The van der Waals surface area contributed by atoms with Crippen LogP contribution in [0.15, 0.2) is 0 Å². The largest absolute Gasteiger partial charge is 0.480 e. The number of carbonyl (C=O) groups excluding carboxylic acids is 1. The first kappa shape index (κ1) is 16.8. The quantitative estimate of drug-likeness (QED) is 0.834. The summed E-state index contributed by atoms with van der Waals surface area (Å²) in [5.41, 5.74) is 0.263. The van der Waals surface area contributed by atoms with E-state index in [2.05, 4.69) is 19.2 Å². The zero-order valence-corrected chi connectivity index (χ0v) is 13.1. The Hall–Kier alpha value is -1.26. The SMILES string of the molecule is CC(C)C[C@@H](NC(=O)N1CCCC(C)(C)CC1)C(=O)O. The van der Waals surface area contributed by atoms with E-state index in [-0.39, 0.29) is 17.4 Å². The number of likely N-dealkylation sites (tertiary alicyclic amines) is 1. The van der Waals surface area contributed by atoms with Gasteiger partial charge in [-0.25, -0.2) is 9.59 Å². The maximum Gasteiger partial charge on any atom is 0.326 e. The lowest BCUT2D eigenvalue weighted by Gasteiger charge is -2.25. The Balaban J connectivity index is 2.58. The monoisotopic (exact) mass is 284 g/mol. The smallest absolute Gasteiger partial charge is 0.326 e. The van der Waals surface area contributed by atoms with Crippen LogP contribution in [0, 0.1) is 11.3 Å². The average Bonchev–Trinajstić information content (AvgIpc) is 2.48. The van der Waals surface area contributed by atoms with Crippen molar-refractivity contribution < 1.29 is 14.7 Å². The summed E-state index contributed by atoms with van der Waals surface area (Å²) in [6.45, 7) is 9.75. The lowest BCUT2D eigenvalue weighted by Crippen LogP contribution is -2.48. The summed E-state index contributed by atoms with van der Waals surface area (Å²) in [7, 11) is 0. The number of urea groups is 1. The predicted molar refractivity (Wildman–Crippen MR) is 78.6 cm³/mol. The number of carbonyl (C=O) groups is 2. The molecule has 0 aromatic heterocycles. The molecule has 1 saturated heterocycles. The summed E-state index contributed by atoms with van der Waals surface area (Å²) in [4.78, 5) is 25.2. The highest BCUT2D eigenvalue weighted by Gasteiger charge is 2.28. The van der Waals surface area contributed by atoms with Gasteiger partial charge in [-0.05, 0) is 37.0 Å². The average molecular weight is 284 g/mol. The number of hydrogen-bond acceptors (Lipinski definition) is 2. The highest BCUT2D eigenvalue weighted by Crippen LogP contribution is 2.29. The molecule has 0 radical (unpaired) electrons. The number of hydrogen-bond donors (Lipinski definition) is 2. The van der Waals surface area contributed by atoms with Gasteiger partial charge in [0.2, 0.25) is 0 Å². The Labute approximate surface area is 121 Å². The number of aliphatic carboxylic acids is 1. The lowest BCUT2D eigenvalue weighted by atomic mass is 9.85. The van der Waals surface area contributed by atoms with Crippen molar-refractivity contribution in [2.75, 3.05) is 13.1 Å². The van der Waals surface area contributed by atoms with E-state index in [9.17, 15) is 14.7 Å². The molecule has 0 aliphatic carbocycles. The fourth-order valence-corrected chi connectivity index (χ4v) is 2.56. The van der Waals surface area contributed by atoms with Crippen LogP contribution >= 0.6 is 0 Å². The van der Waals surface area contributed by atoms with E-state index in [0.29, 0.717) is 19.5 Å². The van der Waals surface area contributed by atoms with Crippen LogP contribution in [0.4, 0.5) is 4.79 Å². The van der Waals surface area contributed by atoms with Crippen LogP contribution in [0.1, 0.15) is 53.4 Å². The highest BCUT2D eigenvalue weighted by atomic mass is 16.4. The van der Waals surface area contributed by atoms with E-state index in [1.807, 2.05) is 13.8 Å². The third kappa shape index (κ3) is 5.39. The summed E-state index contributed by atoms with van der Waals surface area (Å²) >= 11 is 0. The Morgan fingerprint density at radius 1 is 1.25 bits per heavy atom. The van der Waals surface area contributed by atoms with Gasteiger partial charge >= 0.3 is 12.0 Å². The summed E-state index contributed by atoms with van der Waals surface area (Å²) in [6, 6.07) is -1.03. The van der Waals surface area contributed by atoms with Crippen molar-refractivity contribution in [3.8, 4) is 0 Å². The number of carboxylic acid groups (broad SMARTS) is 1. The molecule has 1 fully saturated rings. The van der Waals surface area contributed by atoms with Gasteiger partial charge in [0.1, 0.15) is 6.04 Å². The second kappa shape index (κ2) is 6.95. The van der Waals surface area contributed by atoms with Crippen LogP contribution in [0.3, 0.4) is 0 Å². The zero-order valence-electron chi connectivity index (χ0n) is 13.1. The standard InChI is InChI=1S/C15H28N2O3/c1-11(2)10-12(13(18)19)16-14(20)17-8-5-6-15(3,4)7-9-17/h11-12H,5-10H2,1-4H3,(H,16,20)(H,18,19)/t12-/m1/s1. The van der Waals surface area contributed by atoms with E-state index in [4.69, 9.17) is 0 Å². The van der Waals surface area contributed by atoms with Crippen molar-refractivity contribution in [2.24, 2.45) is 11.3 Å². The molecule has 116 valence electrons. The van der Waals surface area contributed by atoms with E-state index in [0.717, 1.165) is 19.3 Å².